The molecule has 0 aromatic heterocycles. The first-order chi connectivity index (χ1) is 8.77. The molecule has 1 aromatic rings. The Labute approximate surface area is 111 Å². The Bertz CT molecular complexity index is 328. The van der Waals surface area contributed by atoms with Crippen LogP contribution in [0.5, 0.6) is 5.75 Å². The molecule has 0 heterocycles. The highest BCUT2D eigenvalue weighted by atomic mass is 16.5. The number of nitrogens with two attached hydrogens (primary N) is 1. The zero-order chi connectivity index (χ0) is 13.2. The second-order valence-electron chi connectivity index (χ2n) is 4.53. The minimum absolute atomic E-state index is 0.718. The van der Waals surface area contributed by atoms with Crippen molar-refractivity contribution in [2.24, 2.45) is 0 Å². The molecule has 0 atom stereocenters. The van der Waals surface area contributed by atoms with E-state index in [2.05, 4.69) is 18.7 Å². The summed E-state index contributed by atoms with van der Waals surface area (Å²) in [6.07, 6.45) is 3.58. The van der Waals surface area contributed by atoms with Crippen LogP contribution in [0.25, 0.3) is 0 Å². The lowest BCUT2D eigenvalue weighted by atomic mass is 10.3. The van der Waals surface area contributed by atoms with Gasteiger partial charge in [-0.05, 0) is 38.1 Å². The Hall–Kier alpha value is -1.22. The molecule has 0 radical (unpaired) electrons. The van der Waals surface area contributed by atoms with Crippen LogP contribution in [0.4, 0.5) is 5.69 Å². The highest BCUT2D eigenvalue weighted by molar-refractivity contribution is 5.51. The molecule has 3 nitrogen and oxygen atoms in total. The Balaban J connectivity index is 2.19. The first-order valence-electron chi connectivity index (χ1n) is 6.97. The van der Waals surface area contributed by atoms with Crippen LogP contribution >= 0.6 is 0 Å². The largest absolute Gasteiger partial charge is 0.491 e. The van der Waals surface area contributed by atoms with Gasteiger partial charge in [0.2, 0.25) is 0 Å². The molecule has 0 aliphatic carbocycles. The molecule has 1 rings (SSSR count). The van der Waals surface area contributed by atoms with Crippen LogP contribution in [0.3, 0.4) is 0 Å². The van der Waals surface area contributed by atoms with E-state index in [1.165, 1.54) is 19.4 Å². The van der Waals surface area contributed by atoms with Gasteiger partial charge in [0.1, 0.15) is 5.75 Å². The SMILES string of the molecule is CCCCN(CC)CCCOc1ccccc1N. The molecule has 0 bridgehead atoms. The van der Waals surface area contributed by atoms with Crippen molar-refractivity contribution in [2.75, 3.05) is 32.0 Å². The Kier molecular flexibility index (Phi) is 7.26. The average molecular weight is 250 g/mol. The molecule has 18 heavy (non-hydrogen) atoms. The highest BCUT2D eigenvalue weighted by Crippen LogP contribution is 2.19. The summed E-state index contributed by atoms with van der Waals surface area (Å²) in [5, 5.41) is 0. The summed E-state index contributed by atoms with van der Waals surface area (Å²) < 4.78 is 5.68. The molecule has 3 heteroatoms. The molecular weight excluding hydrogens is 224 g/mol. The van der Waals surface area contributed by atoms with Gasteiger partial charge in [0.15, 0.2) is 0 Å². The molecule has 102 valence electrons. The summed E-state index contributed by atoms with van der Waals surface area (Å²) in [6, 6.07) is 7.66. The highest BCUT2D eigenvalue weighted by Gasteiger charge is 2.02. The number of hydrogen-bond acceptors (Lipinski definition) is 3. The van der Waals surface area contributed by atoms with Gasteiger partial charge in [0.25, 0.3) is 0 Å². The van der Waals surface area contributed by atoms with Gasteiger partial charge in [0, 0.05) is 6.54 Å². The second-order valence-corrected chi connectivity index (χ2v) is 4.53. The van der Waals surface area contributed by atoms with Crippen LogP contribution in [0, 0.1) is 0 Å². The normalized spacial score (nSPS) is 10.8. The van der Waals surface area contributed by atoms with Gasteiger partial charge >= 0.3 is 0 Å². The van der Waals surface area contributed by atoms with Gasteiger partial charge in [-0.25, -0.2) is 0 Å². The quantitative estimate of drug-likeness (QED) is 0.540. The predicted molar refractivity (Wildman–Crippen MR) is 78.0 cm³/mol. The summed E-state index contributed by atoms with van der Waals surface area (Å²) in [5.74, 6) is 0.800. The van der Waals surface area contributed by atoms with Crippen LogP contribution < -0.4 is 10.5 Å². The topological polar surface area (TPSA) is 38.5 Å². The minimum atomic E-state index is 0.718. The summed E-state index contributed by atoms with van der Waals surface area (Å²) in [6.45, 7) is 8.59. The van der Waals surface area contributed by atoms with Crippen molar-refractivity contribution >= 4 is 5.69 Å². The lowest BCUT2D eigenvalue weighted by molar-refractivity contribution is 0.240. The predicted octanol–water partition coefficient (Wildman–Crippen LogP) is 3.16. The third-order valence-electron chi connectivity index (χ3n) is 3.07. The molecule has 0 fully saturated rings. The molecule has 2 N–H and O–H groups in total. The van der Waals surface area contributed by atoms with Gasteiger partial charge in [-0.1, -0.05) is 32.4 Å². The van der Waals surface area contributed by atoms with E-state index in [4.69, 9.17) is 10.5 Å². The zero-order valence-electron chi connectivity index (χ0n) is 11.7. The number of para-hydroxylation sites is 2. The molecule has 0 amide bonds. The number of benzene rings is 1. The summed E-state index contributed by atoms with van der Waals surface area (Å²) in [7, 11) is 0. The fourth-order valence-electron chi connectivity index (χ4n) is 1.89. The summed E-state index contributed by atoms with van der Waals surface area (Å²) >= 11 is 0. The van der Waals surface area contributed by atoms with Gasteiger partial charge in [-0.15, -0.1) is 0 Å². The van der Waals surface area contributed by atoms with Crippen LogP contribution in [0.2, 0.25) is 0 Å². The molecule has 0 aliphatic heterocycles. The standard InChI is InChI=1S/C15H26N2O/c1-3-5-11-17(4-2)12-8-13-18-15-10-7-6-9-14(15)16/h6-7,9-10H,3-5,8,11-13,16H2,1-2H3. The molecule has 1 aromatic carbocycles. The molecule has 0 aliphatic rings. The van der Waals surface area contributed by atoms with Gasteiger partial charge in [0.05, 0.1) is 12.3 Å². The van der Waals surface area contributed by atoms with Crippen molar-refractivity contribution in [3.63, 3.8) is 0 Å². The first-order valence-corrected chi connectivity index (χ1v) is 6.97. The fraction of sp³-hybridized carbons (Fsp3) is 0.600. The number of ether oxygens (including phenoxy) is 1. The van der Waals surface area contributed by atoms with Crippen molar-refractivity contribution in [1.29, 1.82) is 0 Å². The average Bonchev–Trinajstić information content (AvgIpc) is 2.40. The number of nitrogen functional groups attached to an aromatic ring is 1. The molecule has 0 unspecified atom stereocenters. The maximum absolute atomic E-state index is 5.82. The van der Waals surface area contributed by atoms with Crippen molar-refractivity contribution in [3.8, 4) is 5.75 Å². The number of anilines is 1. The van der Waals surface area contributed by atoms with E-state index in [1.54, 1.807) is 0 Å². The number of hydrogen-bond donors (Lipinski definition) is 1. The third-order valence-corrected chi connectivity index (χ3v) is 3.07. The number of unbranched alkanes of at least 4 members (excludes halogenated alkanes) is 1. The third kappa shape index (κ3) is 5.41. The summed E-state index contributed by atoms with van der Waals surface area (Å²) in [5.41, 5.74) is 6.54. The van der Waals surface area contributed by atoms with E-state index >= 15 is 0 Å². The Morgan fingerprint density at radius 3 is 2.50 bits per heavy atom. The molecular formula is C15H26N2O. The maximum Gasteiger partial charge on any atom is 0.142 e. The van der Waals surface area contributed by atoms with Gasteiger partial charge in [-0.2, -0.15) is 0 Å². The monoisotopic (exact) mass is 250 g/mol. The molecule has 0 saturated heterocycles. The van der Waals surface area contributed by atoms with Gasteiger partial charge < -0.3 is 15.4 Å². The Morgan fingerprint density at radius 2 is 1.83 bits per heavy atom. The lowest BCUT2D eigenvalue weighted by Crippen LogP contribution is -2.26. The number of nitrogens with zero attached hydrogens (tertiary/aromatic N) is 1. The van der Waals surface area contributed by atoms with E-state index in [9.17, 15) is 0 Å². The lowest BCUT2D eigenvalue weighted by Gasteiger charge is -2.20. The maximum atomic E-state index is 5.82. The van der Waals surface area contributed by atoms with E-state index in [-0.39, 0.29) is 0 Å². The summed E-state index contributed by atoms with van der Waals surface area (Å²) in [4.78, 5) is 2.47. The first kappa shape index (κ1) is 14.8. The van der Waals surface area contributed by atoms with E-state index < -0.39 is 0 Å². The van der Waals surface area contributed by atoms with E-state index in [0.717, 1.165) is 37.6 Å². The second kappa shape index (κ2) is 8.81. The van der Waals surface area contributed by atoms with Crippen molar-refractivity contribution < 1.29 is 4.74 Å². The van der Waals surface area contributed by atoms with Crippen LogP contribution in [0.1, 0.15) is 33.1 Å². The zero-order valence-corrected chi connectivity index (χ0v) is 11.7. The Morgan fingerprint density at radius 1 is 1.11 bits per heavy atom. The van der Waals surface area contributed by atoms with Gasteiger partial charge in [-0.3, -0.25) is 0 Å². The van der Waals surface area contributed by atoms with Crippen molar-refractivity contribution in [1.82, 2.24) is 4.90 Å². The molecule has 0 spiro atoms. The van der Waals surface area contributed by atoms with Crippen molar-refractivity contribution in [3.05, 3.63) is 24.3 Å². The van der Waals surface area contributed by atoms with Crippen LogP contribution in [-0.4, -0.2) is 31.1 Å². The van der Waals surface area contributed by atoms with Crippen LogP contribution in [0.15, 0.2) is 24.3 Å². The molecule has 0 saturated carbocycles. The van der Waals surface area contributed by atoms with Crippen molar-refractivity contribution in [2.45, 2.75) is 33.1 Å². The number of rotatable bonds is 9. The van der Waals surface area contributed by atoms with Crippen LogP contribution in [-0.2, 0) is 0 Å². The minimum Gasteiger partial charge on any atom is -0.491 e. The smallest absolute Gasteiger partial charge is 0.142 e. The van der Waals surface area contributed by atoms with E-state index in [0.29, 0.717) is 0 Å². The van der Waals surface area contributed by atoms with E-state index in [1.807, 2.05) is 24.3 Å². The fourth-order valence-corrected chi connectivity index (χ4v) is 1.89.